The Kier molecular flexibility index (Phi) is 7.26. The highest BCUT2D eigenvalue weighted by molar-refractivity contribution is 6.01. The molecule has 0 heterocycles. The maximum absolute atomic E-state index is 12.5. The summed E-state index contributed by atoms with van der Waals surface area (Å²) in [6, 6.07) is 10.7. The van der Waals surface area contributed by atoms with Crippen molar-refractivity contribution >= 4 is 11.6 Å². The van der Waals surface area contributed by atoms with Crippen molar-refractivity contribution in [1.82, 2.24) is 5.43 Å². The van der Waals surface area contributed by atoms with E-state index in [9.17, 15) is 4.79 Å². The number of nitrogens with one attached hydrogen (secondary N) is 1. The first-order valence-electron chi connectivity index (χ1n) is 8.81. The van der Waals surface area contributed by atoms with Gasteiger partial charge in [-0.05, 0) is 62.7 Å². The van der Waals surface area contributed by atoms with Crippen LogP contribution in [0.5, 0.6) is 23.0 Å². The molecule has 0 bridgehead atoms. The molecule has 0 unspecified atom stereocenters. The second-order valence-corrected chi connectivity index (χ2v) is 6.24. The molecule has 0 aliphatic rings. The predicted octanol–water partition coefficient (Wildman–Crippen LogP) is 3.65. The Hall–Kier alpha value is -3.22. The third-order valence-corrected chi connectivity index (χ3v) is 3.90. The standard InChI is InChI=1S/C21H26N2O5/c1-13(2)28-17-9-7-15(8-10-17)14(3)22-23-21(24)16-11-18(25-4)20(27-6)19(12-16)26-5/h7-13H,1-6H3,(H,23,24)/b22-14-. The summed E-state index contributed by atoms with van der Waals surface area (Å²) < 4.78 is 21.4. The molecule has 2 aromatic carbocycles. The first-order valence-corrected chi connectivity index (χ1v) is 8.81. The van der Waals surface area contributed by atoms with Crippen LogP contribution in [0.1, 0.15) is 36.7 Å². The number of rotatable bonds is 8. The largest absolute Gasteiger partial charge is 0.493 e. The van der Waals surface area contributed by atoms with Crippen LogP contribution in [0.3, 0.4) is 0 Å². The Morgan fingerprint density at radius 3 is 1.96 bits per heavy atom. The van der Waals surface area contributed by atoms with Crippen molar-refractivity contribution in [2.24, 2.45) is 5.10 Å². The monoisotopic (exact) mass is 386 g/mol. The summed E-state index contributed by atoms with van der Waals surface area (Å²) in [6.07, 6.45) is 0.110. The number of amides is 1. The molecule has 2 rings (SSSR count). The zero-order valence-corrected chi connectivity index (χ0v) is 17.0. The van der Waals surface area contributed by atoms with Gasteiger partial charge in [-0.3, -0.25) is 4.79 Å². The Balaban J connectivity index is 2.16. The SMILES string of the molecule is COc1cc(C(=O)N/N=C(/C)c2ccc(OC(C)C)cc2)cc(OC)c1OC. The molecule has 0 aromatic heterocycles. The van der Waals surface area contributed by atoms with E-state index in [1.54, 1.807) is 12.1 Å². The van der Waals surface area contributed by atoms with Crippen molar-refractivity contribution < 1.29 is 23.7 Å². The minimum absolute atomic E-state index is 0.110. The number of benzene rings is 2. The average Bonchev–Trinajstić information content (AvgIpc) is 2.70. The quantitative estimate of drug-likeness (QED) is 0.553. The molecule has 0 saturated heterocycles. The van der Waals surface area contributed by atoms with E-state index in [1.807, 2.05) is 45.0 Å². The van der Waals surface area contributed by atoms with Gasteiger partial charge in [0.05, 0.1) is 33.1 Å². The van der Waals surface area contributed by atoms with Gasteiger partial charge in [0.15, 0.2) is 11.5 Å². The van der Waals surface area contributed by atoms with E-state index in [0.29, 0.717) is 28.5 Å². The van der Waals surface area contributed by atoms with Gasteiger partial charge in [-0.2, -0.15) is 5.10 Å². The molecule has 0 aliphatic carbocycles. The van der Waals surface area contributed by atoms with Crippen molar-refractivity contribution in [3.8, 4) is 23.0 Å². The number of hydrazone groups is 1. The lowest BCUT2D eigenvalue weighted by Gasteiger charge is -2.13. The molecule has 28 heavy (non-hydrogen) atoms. The minimum Gasteiger partial charge on any atom is -0.493 e. The summed E-state index contributed by atoms with van der Waals surface area (Å²) in [5, 5.41) is 4.18. The van der Waals surface area contributed by atoms with Gasteiger partial charge < -0.3 is 18.9 Å². The van der Waals surface area contributed by atoms with Crippen molar-refractivity contribution in [3.05, 3.63) is 47.5 Å². The smallest absolute Gasteiger partial charge is 0.271 e. The normalized spacial score (nSPS) is 11.2. The zero-order valence-electron chi connectivity index (χ0n) is 17.0. The number of carbonyl (C=O) groups excluding carboxylic acids is 1. The van der Waals surface area contributed by atoms with E-state index >= 15 is 0 Å². The van der Waals surface area contributed by atoms with Crippen LogP contribution in [-0.4, -0.2) is 39.1 Å². The zero-order chi connectivity index (χ0) is 20.7. The van der Waals surface area contributed by atoms with E-state index in [-0.39, 0.29) is 6.10 Å². The number of hydrogen-bond acceptors (Lipinski definition) is 6. The minimum atomic E-state index is -0.390. The molecule has 1 amide bonds. The highest BCUT2D eigenvalue weighted by atomic mass is 16.5. The summed E-state index contributed by atoms with van der Waals surface area (Å²) in [5.74, 6) is 1.61. The molecule has 1 N–H and O–H groups in total. The third kappa shape index (κ3) is 5.16. The first-order chi connectivity index (χ1) is 13.4. The Bertz CT molecular complexity index is 819. The van der Waals surface area contributed by atoms with Gasteiger partial charge in [-0.15, -0.1) is 0 Å². The van der Waals surface area contributed by atoms with E-state index in [2.05, 4.69) is 10.5 Å². The first kappa shape index (κ1) is 21.1. The summed E-state index contributed by atoms with van der Waals surface area (Å²) in [4.78, 5) is 12.5. The Labute approximate surface area is 165 Å². The van der Waals surface area contributed by atoms with Crippen LogP contribution in [0.4, 0.5) is 0 Å². The molecule has 0 aliphatic heterocycles. The van der Waals surface area contributed by atoms with Crippen molar-refractivity contribution in [2.45, 2.75) is 26.9 Å². The van der Waals surface area contributed by atoms with Gasteiger partial charge in [-0.1, -0.05) is 0 Å². The van der Waals surface area contributed by atoms with E-state index in [4.69, 9.17) is 18.9 Å². The van der Waals surface area contributed by atoms with Crippen LogP contribution in [0.25, 0.3) is 0 Å². The summed E-state index contributed by atoms with van der Waals surface area (Å²) in [7, 11) is 4.49. The molecule has 0 saturated carbocycles. The number of ether oxygens (including phenoxy) is 4. The Morgan fingerprint density at radius 1 is 0.929 bits per heavy atom. The van der Waals surface area contributed by atoms with Crippen molar-refractivity contribution in [2.75, 3.05) is 21.3 Å². The molecule has 7 nitrogen and oxygen atoms in total. The fourth-order valence-corrected chi connectivity index (χ4v) is 2.52. The highest BCUT2D eigenvalue weighted by Gasteiger charge is 2.16. The Morgan fingerprint density at radius 2 is 1.50 bits per heavy atom. The van der Waals surface area contributed by atoms with Crippen molar-refractivity contribution in [1.29, 1.82) is 0 Å². The van der Waals surface area contributed by atoms with Crippen LogP contribution < -0.4 is 24.4 Å². The molecule has 0 spiro atoms. The van der Waals surface area contributed by atoms with Gasteiger partial charge in [-0.25, -0.2) is 5.43 Å². The van der Waals surface area contributed by atoms with Crippen molar-refractivity contribution in [3.63, 3.8) is 0 Å². The lowest BCUT2D eigenvalue weighted by Crippen LogP contribution is -2.19. The third-order valence-electron chi connectivity index (χ3n) is 3.90. The second-order valence-electron chi connectivity index (χ2n) is 6.24. The maximum Gasteiger partial charge on any atom is 0.271 e. The summed E-state index contributed by atoms with van der Waals surface area (Å²) >= 11 is 0. The second kappa shape index (κ2) is 9.64. The topological polar surface area (TPSA) is 78.4 Å². The van der Waals surface area contributed by atoms with Crippen LogP contribution in [-0.2, 0) is 0 Å². The number of nitrogens with zero attached hydrogens (tertiary/aromatic N) is 1. The molecule has 0 fully saturated rings. The van der Waals surface area contributed by atoms with Crippen LogP contribution in [0.15, 0.2) is 41.5 Å². The van der Waals surface area contributed by atoms with Gasteiger partial charge in [0.25, 0.3) is 5.91 Å². The number of methoxy groups -OCH3 is 3. The average molecular weight is 386 g/mol. The molecule has 7 heteroatoms. The van der Waals surface area contributed by atoms with Crippen LogP contribution in [0, 0.1) is 0 Å². The van der Waals surface area contributed by atoms with E-state index < -0.39 is 5.91 Å². The lowest BCUT2D eigenvalue weighted by molar-refractivity contribution is 0.0954. The lowest BCUT2D eigenvalue weighted by atomic mass is 10.1. The van der Waals surface area contributed by atoms with E-state index in [0.717, 1.165) is 11.3 Å². The molecule has 2 aromatic rings. The van der Waals surface area contributed by atoms with Gasteiger partial charge in [0, 0.05) is 5.56 Å². The van der Waals surface area contributed by atoms with Gasteiger partial charge in [0.2, 0.25) is 5.75 Å². The fraction of sp³-hybridized carbons (Fsp3) is 0.333. The molecular formula is C21H26N2O5. The number of carbonyl (C=O) groups is 1. The highest BCUT2D eigenvalue weighted by Crippen LogP contribution is 2.38. The molecular weight excluding hydrogens is 360 g/mol. The van der Waals surface area contributed by atoms with Gasteiger partial charge >= 0.3 is 0 Å². The molecule has 0 atom stereocenters. The molecule has 0 radical (unpaired) electrons. The number of hydrogen-bond donors (Lipinski definition) is 1. The molecule has 150 valence electrons. The predicted molar refractivity (Wildman–Crippen MR) is 108 cm³/mol. The van der Waals surface area contributed by atoms with Crippen LogP contribution in [0.2, 0.25) is 0 Å². The van der Waals surface area contributed by atoms with E-state index in [1.165, 1.54) is 21.3 Å². The van der Waals surface area contributed by atoms with Gasteiger partial charge in [0.1, 0.15) is 5.75 Å². The summed E-state index contributed by atoms with van der Waals surface area (Å²) in [6.45, 7) is 5.76. The van der Waals surface area contributed by atoms with Crippen LogP contribution >= 0.6 is 0 Å². The fourth-order valence-electron chi connectivity index (χ4n) is 2.52. The maximum atomic E-state index is 12.5. The summed E-state index contributed by atoms with van der Waals surface area (Å²) in [5.41, 5.74) is 4.43.